The molecule has 122 valence electrons. The van der Waals surface area contributed by atoms with Gasteiger partial charge in [-0.1, -0.05) is 12.2 Å². The van der Waals surface area contributed by atoms with Crippen LogP contribution in [0.2, 0.25) is 0 Å². The summed E-state index contributed by atoms with van der Waals surface area (Å²) in [4.78, 5) is 36.8. The van der Waals surface area contributed by atoms with Gasteiger partial charge in [-0.3, -0.25) is 9.59 Å². The van der Waals surface area contributed by atoms with Gasteiger partial charge in [0.2, 0.25) is 5.91 Å². The quantitative estimate of drug-likeness (QED) is 0.650. The van der Waals surface area contributed by atoms with Crippen molar-refractivity contribution in [2.24, 2.45) is 23.7 Å². The number of carbonyl (C=O) groups excluding carboxylic acids is 2. The Labute approximate surface area is 137 Å². The zero-order valence-electron chi connectivity index (χ0n) is 12.7. The lowest BCUT2D eigenvalue weighted by molar-refractivity contribution is -0.146. The first kappa shape index (κ1) is 15.7. The molecular weight excluding hydrogens is 318 g/mol. The molecule has 0 aromatic carbocycles. The number of aliphatic carboxylic acids is 1. The molecule has 4 atom stereocenters. The van der Waals surface area contributed by atoms with Crippen LogP contribution in [0.5, 0.6) is 0 Å². The summed E-state index contributed by atoms with van der Waals surface area (Å²) in [5, 5.41) is 12.6. The molecule has 2 aliphatic rings. The van der Waals surface area contributed by atoms with Crippen molar-refractivity contribution >= 4 is 34.2 Å². The van der Waals surface area contributed by atoms with Gasteiger partial charge in [-0.25, -0.2) is 4.79 Å². The van der Waals surface area contributed by atoms with Crippen molar-refractivity contribution in [2.75, 3.05) is 12.4 Å². The first-order valence-corrected chi connectivity index (χ1v) is 8.14. The number of esters is 1. The van der Waals surface area contributed by atoms with Crippen LogP contribution in [0.1, 0.15) is 21.7 Å². The van der Waals surface area contributed by atoms with Gasteiger partial charge in [-0.2, -0.15) is 0 Å². The molecule has 0 radical (unpaired) electrons. The standard InChI is InChI=1S/C16H17NO5S/c1-7-5-10(16(21)22-2)14(23-7)17-13(18)11-8-3-4-9(6-8)12(11)15(19)20/h3-5,8-9,11-12H,6H2,1-2H3,(H,17,18)(H,19,20). The fraction of sp³-hybridized carbons (Fsp3) is 0.438. The summed E-state index contributed by atoms with van der Waals surface area (Å²) in [7, 11) is 1.28. The van der Waals surface area contributed by atoms with Gasteiger partial charge in [0.1, 0.15) is 5.00 Å². The van der Waals surface area contributed by atoms with Crippen LogP contribution in [0.4, 0.5) is 5.00 Å². The van der Waals surface area contributed by atoms with E-state index in [9.17, 15) is 19.5 Å². The van der Waals surface area contributed by atoms with Crippen molar-refractivity contribution in [3.63, 3.8) is 0 Å². The number of hydrogen-bond donors (Lipinski definition) is 2. The first-order valence-electron chi connectivity index (χ1n) is 7.33. The number of rotatable bonds is 4. The molecule has 0 aliphatic heterocycles. The number of carboxylic acids is 1. The number of carboxylic acid groups (broad SMARTS) is 1. The molecule has 1 aromatic heterocycles. The van der Waals surface area contributed by atoms with E-state index in [1.54, 1.807) is 6.07 Å². The molecule has 2 bridgehead atoms. The van der Waals surface area contributed by atoms with E-state index in [2.05, 4.69) is 5.32 Å². The van der Waals surface area contributed by atoms with E-state index < -0.39 is 23.8 Å². The highest BCUT2D eigenvalue weighted by Crippen LogP contribution is 2.48. The van der Waals surface area contributed by atoms with Crippen LogP contribution in [0, 0.1) is 30.6 Å². The molecular formula is C16H17NO5S. The molecule has 2 N–H and O–H groups in total. The zero-order chi connectivity index (χ0) is 16.7. The predicted molar refractivity (Wildman–Crippen MR) is 84.4 cm³/mol. The summed E-state index contributed by atoms with van der Waals surface area (Å²) in [6.07, 6.45) is 4.51. The lowest BCUT2D eigenvalue weighted by atomic mass is 9.82. The number of amides is 1. The zero-order valence-corrected chi connectivity index (χ0v) is 13.6. The van der Waals surface area contributed by atoms with Crippen molar-refractivity contribution in [3.8, 4) is 0 Å². The number of nitrogens with one attached hydrogen (secondary N) is 1. The predicted octanol–water partition coefficient (Wildman–Crippen LogP) is 2.30. The Morgan fingerprint density at radius 1 is 1.26 bits per heavy atom. The van der Waals surface area contributed by atoms with Gasteiger partial charge >= 0.3 is 11.9 Å². The molecule has 0 saturated heterocycles. The van der Waals surface area contributed by atoms with Crippen LogP contribution < -0.4 is 5.32 Å². The Morgan fingerprint density at radius 3 is 2.52 bits per heavy atom. The van der Waals surface area contributed by atoms with E-state index in [4.69, 9.17) is 4.74 Å². The Kier molecular flexibility index (Phi) is 3.97. The molecule has 0 spiro atoms. The molecule has 3 rings (SSSR count). The van der Waals surface area contributed by atoms with E-state index in [-0.39, 0.29) is 17.7 Å². The second-order valence-corrected chi connectivity index (χ2v) is 7.18. The fourth-order valence-electron chi connectivity index (χ4n) is 3.58. The van der Waals surface area contributed by atoms with Crippen LogP contribution in [-0.4, -0.2) is 30.1 Å². The van der Waals surface area contributed by atoms with Gasteiger partial charge in [0, 0.05) is 4.88 Å². The molecule has 1 fully saturated rings. The average Bonchev–Trinajstić information content (AvgIpc) is 3.19. The lowest BCUT2D eigenvalue weighted by Gasteiger charge is -2.23. The third-order valence-corrected chi connectivity index (χ3v) is 5.51. The fourth-order valence-corrected chi connectivity index (χ4v) is 4.48. The number of allylic oxidation sites excluding steroid dienone is 2. The Morgan fingerprint density at radius 2 is 1.91 bits per heavy atom. The van der Waals surface area contributed by atoms with Gasteiger partial charge in [-0.05, 0) is 31.2 Å². The maximum absolute atomic E-state index is 12.6. The van der Waals surface area contributed by atoms with Crippen LogP contribution >= 0.6 is 11.3 Å². The molecule has 6 nitrogen and oxygen atoms in total. The maximum atomic E-state index is 12.6. The van der Waals surface area contributed by atoms with Crippen molar-refractivity contribution in [1.82, 2.24) is 0 Å². The van der Waals surface area contributed by atoms with E-state index in [1.165, 1.54) is 18.4 Å². The smallest absolute Gasteiger partial charge is 0.340 e. The van der Waals surface area contributed by atoms with Crippen molar-refractivity contribution in [3.05, 3.63) is 28.7 Å². The Balaban J connectivity index is 1.84. The van der Waals surface area contributed by atoms with Gasteiger partial charge in [0.05, 0.1) is 24.5 Å². The lowest BCUT2D eigenvalue weighted by Crippen LogP contribution is -2.36. The summed E-state index contributed by atoms with van der Waals surface area (Å²) < 4.78 is 4.72. The van der Waals surface area contributed by atoms with Crippen LogP contribution in [-0.2, 0) is 14.3 Å². The van der Waals surface area contributed by atoms with Crippen molar-refractivity contribution in [2.45, 2.75) is 13.3 Å². The molecule has 1 saturated carbocycles. The van der Waals surface area contributed by atoms with Gasteiger partial charge in [0.25, 0.3) is 0 Å². The summed E-state index contributed by atoms with van der Waals surface area (Å²) in [5.74, 6) is -3.25. The van der Waals surface area contributed by atoms with Crippen molar-refractivity contribution in [1.29, 1.82) is 0 Å². The molecule has 1 heterocycles. The largest absolute Gasteiger partial charge is 0.481 e. The highest BCUT2D eigenvalue weighted by Gasteiger charge is 2.51. The highest BCUT2D eigenvalue weighted by atomic mass is 32.1. The number of methoxy groups -OCH3 is 1. The first-order chi connectivity index (χ1) is 10.9. The van der Waals surface area contributed by atoms with Crippen LogP contribution in [0.25, 0.3) is 0 Å². The topological polar surface area (TPSA) is 92.7 Å². The minimum absolute atomic E-state index is 0.0521. The molecule has 4 unspecified atom stereocenters. The highest BCUT2D eigenvalue weighted by molar-refractivity contribution is 7.16. The second kappa shape index (κ2) is 5.81. The van der Waals surface area contributed by atoms with E-state index >= 15 is 0 Å². The number of anilines is 1. The number of carbonyl (C=O) groups is 3. The second-order valence-electron chi connectivity index (χ2n) is 5.92. The maximum Gasteiger partial charge on any atom is 0.340 e. The van der Waals surface area contributed by atoms with Crippen LogP contribution in [0.15, 0.2) is 18.2 Å². The summed E-state index contributed by atoms with van der Waals surface area (Å²) in [6, 6.07) is 1.65. The third kappa shape index (κ3) is 2.65. The van der Waals surface area contributed by atoms with Crippen LogP contribution in [0.3, 0.4) is 0 Å². The van der Waals surface area contributed by atoms with E-state index in [0.29, 0.717) is 17.0 Å². The van der Waals surface area contributed by atoms with E-state index in [0.717, 1.165) is 4.88 Å². The van der Waals surface area contributed by atoms with Crippen molar-refractivity contribution < 1.29 is 24.2 Å². The monoisotopic (exact) mass is 335 g/mol. The Bertz CT molecular complexity index is 707. The third-order valence-electron chi connectivity index (χ3n) is 4.54. The van der Waals surface area contributed by atoms with Gasteiger partial charge < -0.3 is 15.2 Å². The van der Waals surface area contributed by atoms with Gasteiger partial charge in [0.15, 0.2) is 0 Å². The normalized spacial score (nSPS) is 27.9. The van der Waals surface area contributed by atoms with E-state index in [1.807, 2.05) is 19.1 Å². The minimum Gasteiger partial charge on any atom is -0.481 e. The number of hydrogen-bond acceptors (Lipinski definition) is 5. The SMILES string of the molecule is COC(=O)c1cc(C)sc1NC(=O)C1C2C=CC(C2)C1C(=O)O. The number of fused-ring (bicyclic) bond motifs is 2. The molecule has 23 heavy (non-hydrogen) atoms. The summed E-state index contributed by atoms with van der Waals surface area (Å²) >= 11 is 1.28. The molecule has 1 amide bonds. The Hall–Kier alpha value is -2.15. The average molecular weight is 335 g/mol. The summed E-state index contributed by atoms with van der Waals surface area (Å²) in [6.45, 7) is 1.83. The number of aryl methyl sites for hydroxylation is 1. The minimum atomic E-state index is -0.947. The molecule has 2 aliphatic carbocycles. The number of thiophene rings is 1. The molecule has 1 aromatic rings. The van der Waals surface area contributed by atoms with Gasteiger partial charge in [-0.15, -0.1) is 11.3 Å². The summed E-state index contributed by atoms with van der Waals surface area (Å²) in [5.41, 5.74) is 0.300. The number of ether oxygens (including phenoxy) is 1. The molecule has 7 heteroatoms.